The second-order valence-corrected chi connectivity index (χ2v) is 8.68. The van der Waals surface area contributed by atoms with E-state index in [2.05, 4.69) is 10.3 Å². The molecule has 5 N–H and O–H groups in total. The van der Waals surface area contributed by atoms with E-state index < -0.39 is 68.0 Å². The summed E-state index contributed by atoms with van der Waals surface area (Å²) in [4.78, 5) is 74.9. The fraction of sp³-hybridized carbons (Fsp3) is 0.682. The van der Waals surface area contributed by atoms with Gasteiger partial charge in [0.2, 0.25) is 5.91 Å². The molecule has 1 atom stereocenters. The number of nitrogens with one attached hydrogen (secondary N) is 1. The summed E-state index contributed by atoms with van der Waals surface area (Å²) >= 11 is 0. The van der Waals surface area contributed by atoms with Crippen LogP contribution in [0, 0.1) is 39.9 Å². The van der Waals surface area contributed by atoms with Gasteiger partial charge in [0.15, 0.2) is 5.96 Å². The Labute approximate surface area is 325 Å². The molecular weight excluding hydrogens is 742 g/mol. The molecule has 21 heteroatoms. The Morgan fingerprint density at radius 2 is 1.12 bits per heavy atom. The van der Waals surface area contributed by atoms with Gasteiger partial charge < -0.3 is 66.3 Å². The molecular formula is C22H34GdN7Na2O11. The number of guanidine groups is 1. The van der Waals surface area contributed by atoms with Crippen LogP contribution in [0.3, 0.4) is 0 Å². The molecule has 233 valence electrons. The monoisotopic (exact) mass is 776 g/mol. The van der Waals surface area contributed by atoms with Crippen molar-refractivity contribution in [3.05, 3.63) is 0 Å². The number of aliphatic imine (C=N–C) groups is 1. The smallest absolute Gasteiger partial charge is 0.549 e. The summed E-state index contributed by atoms with van der Waals surface area (Å²) in [6, 6.07) is -1.46. The molecule has 0 rings (SSSR count). The van der Waals surface area contributed by atoms with Gasteiger partial charge in [0.05, 0.1) is 29.8 Å². The third-order valence-corrected chi connectivity index (χ3v) is 5.38. The number of carbonyl (C=O) groups excluding carboxylic acids is 6. The summed E-state index contributed by atoms with van der Waals surface area (Å²) in [5.74, 6) is -8.59. The summed E-state index contributed by atoms with van der Waals surface area (Å²) in [6.07, 6.45) is 0.560. The number of carboxylic acids is 5. The maximum absolute atomic E-state index is 12.2. The summed E-state index contributed by atoms with van der Waals surface area (Å²) in [5, 5.41) is 58.5. The van der Waals surface area contributed by atoms with Gasteiger partial charge in [0, 0.05) is 77.9 Å². The third kappa shape index (κ3) is 28.5. The molecule has 18 nitrogen and oxygen atoms in total. The molecule has 1 unspecified atom stereocenters. The van der Waals surface area contributed by atoms with Gasteiger partial charge in [0.1, 0.15) is 0 Å². The zero-order valence-corrected chi connectivity index (χ0v) is 30.5. The fourth-order valence-corrected chi connectivity index (χ4v) is 3.60. The third-order valence-electron chi connectivity index (χ3n) is 5.38. The van der Waals surface area contributed by atoms with E-state index in [9.17, 15) is 54.3 Å². The maximum Gasteiger partial charge on any atom is 3.00 e. The van der Waals surface area contributed by atoms with Gasteiger partial charge in [0.25, 0.3) is 0 Å². The van der Waals surface area contributed by atoms with Crippen LogP contribution >= 0.6 is 0 Å². The van der Waals surface area contributed by atoms with E-state index in [-0.39, 0.29) is 151 Å². The first-order chi connectivity index (χ1) is 18.7. The number of carboxylic acid groups (broad SMARTS) is 5. The van der Waals surface area contributed by atoms with E-state index in [1.807, 2.05) is 0 Å². The molecule has 0 aromatic carbocycles. The van der Waals surface area contributed by atoms with Gasteiger partial charge >= 0.3 is 99.1 Å². The predicted octanol–water partition coefficient (Wildman–Crippen LogP) is -16.0. The first-order valence-corrected chi connectivity index (χ1v) is 12.2. The molecule has 1 radical (unpaired) electrons. The second-order valence-electron chi connectivity index (χ2n) is 8.68. The zero-order chi connectivity index (χ0) is 30.7. The van der Waals surface area contributed by atoms with Gasteiger partial charge in [-0.1, -0.05) is 0 Å². The first-order valence-electron chi connectivity index (χ1n) is 12.2. The number of amides is 1. The van der Waals surface area contributed by atoms with Crippen LogP contribution in [0.5, 0.6) is 0 Å². The molecule has 0 aliphatic carbocycles. The molecule has 1 amide bonds. The summed E-state index contributed by atoms with van der Waals surface area (Å²) in [5.41, 5.74) is 10.4. The minimum Gasteiger partial charge on any atom is -0.549 e. The van der Waals surface area contributed by atoms with E-state index >= 15 is 0 Å². The molecule has 0 fully saturated rings. The number of hydrogen-bond donors (Lipinski definition) is 3. The zero-order valence-electron chi connectivity index (χ0n) is 24.3. The average Bonchev–Trinajstić information content (AvgIpc) is 2.80. The van der Waals surface area contributed by atoms with Crippen LogP contribution in [0.15, 0.2) is 4.99 Å². The molecule has 0 aliphatic heterocycles. The van der Waals surface area contributed by atoms with Crippen molar-refractivity contribution in [1.29, 1.82) is 0 Å². The molecule has 0 aromatic rings. The summed E-state index contributed by atoms with van der Waals surface area (Å²) in [7, 11) is 0. The van der Waals surface area contributed by atoms with Crippen molar-refractivity contribution in [2.75, 3.05) is 65.4 Å². The van der Waals surface area contributed by atoms with Gasteiger partial charge in [-0.3, -0.25) is 24.5 Å². The molecule has 0 aromatic heterocycles. The maximum atomic E-state index is 12.2. The standard InChI is InChI=1S/C22H39N7O11.Gd.2Na/c23-22(24)26-6-2-1-5-25-16(30)4-3-15(21(39)40)29(9-7-27(11-17(31)32)12-18(33)34)10-8-28(13-19(35)36)14-20(37)38;;;/h15H,1-14H2,(H,25,30)(H,31,32)(H,33,34)(H,35,36)(H,37,38)(H,39,40)(H4,23,24,26);;;/q;+3;2*+1/p-5. The van der Waals surface area contributed by atoms with Gasteiger partial charge in [-0.25, -0.2) is 0 Å². The van der Waals surface area contributed by atoms with Crippen molar-refractivity contribution in [2.24, 2.45) is 16.5 Å². The number of carbonyl (C=O) groups is 6. The topological polar surface area (TPSA) is 304 Å². The first kappa shape index (κ1) is 49.2. The average molecular weight is 776 g/mol. The number of aliphatic carboxylic acids is 5. The number of nitrogens with two attached hydrogens (primary N) is 2. The molecule has 0 aliphatic rings. The number of unbranched alkanes of at least 4 members (excludes halogenated alkanes) is 1. The Bertz CT molecular complexity index is 843. The van der Waals surface area contributed by atoms with Crippen molar-refractivity contribution in [3.63, 3.8) is 0 Å². The van der Waals surface area contributed by atoms with Crippen molar-refractivity contribution >= 4 is 41.7 Å². The Morgan fingerprint density at radius 3 is 1.47 bits per heavy atom. The number of hydrogen-bond acceptors (Lipinski definition) is 15. The number of rotatable bonds is 24. The van der Waals surface area contributed by atoms with Crippen molar-refractivity contribution in [2.45, 2.75) is 31.7 Å². The van der Waals surface area contributed by atoms with Crippen LogP contribution < -0.4 is 101 Å². The van der Waals surface area contributed by atoms with E-state index in [4.69, 9.17) is 11.5 Å². The quantitative estimate of drug-likeness (QED) is 0.0355. The van der Waals surface area contributed by atoms with E-state index in [0.717, 1.165) is 9.80 Å². The predicted molar refractivity (Wildman–Crippen MR) is 125 cm³/mol. The van der Waals surface area contributed by atoms with Crippen LogP contribution in [0.25, 0.3) is 0 Å². The summed E-state index contributed by atoms with van der Waals surface area (Å²) in [6.45, 7) is -3.82. The molecule has 0 bridgehead atoms. The Balaban J connectivity index is -0.00000253. The van der Waals surface area contributed by atoms with Gasteiger partial charge in [-0.15, -0.1) is 0 Å². The second kappa shape index (κ2) is 28.7. The van der Waals surface area contributed by atoms with Crippen LogP contribution in [0.4, 0.5) is 0 Å². The fourth-order valence-electron chi connectivity index (χ4n) is 3.60. The van der Waals surface area contributed by atoms with E-state index in [1.165, 1.54) is 4.90 Å². The minimum atomic E-state index is -1.62. The normalized spacial score (nSPS) is 11.0. The molecule has 0 heterocycles. The van der Waals surface area contributed by atoms with E-state index in [0.29, 0.717) is 19.4 Å². The van der Waals surface area contributed by atoms with Crippen LogP contribution in [0.2, 0.25) is 0 Å². The van der Waals surface area contributed by atoms with E-state index in [1.54, 1.807) is 0 Å². The summed E-state index contributed by atoms with van der Waals surface area (Å²) < 4.78 is 0. The molecule has 43 heavy (non-hydrogen) atoms. The van der Waals surface area contributed by atoms with Crippen LogP contribution in [-0.4, -0.2) is 128 Å². The van der Waals surface area contributed by atoms with Crippen LogP contribution in [-0.2, 0) is 28.8 Å². The largest absolute Gasteiger partial charge is 3.00 e. The molecule has 0 spiro atoms. The van der Waals surface area contributed by atoms with Crippen molar-refractivity contribution < 1.29 is 153 Å². The van der Waals surface area contributed by atoms with Crippen molar-refractivity contribution in [1.82, 2.24) is 20.0 Å². The molecule has 0 saturated heterocycles. The Hall–Kier alpha value is -0.705. The van der Waals surface area contributed by atoms with Gasteiger partial charge in [-0.05, 0) is 19.3 Å². The number of nitrogens with zero attached hydrogens (tertiary/aromatic N) is 4. The van der Waals surface area contributed by atoms with Crippen molar-refractivity contribution in [3.8, 4) is 0 Å². The Morgan fingerprint density at radius 1 is 0.698 bits per heavy atom. The minimum absolute atomic E-state index is 0. The Kier molecular flexibility index (Phi) is 32.9. The van der Waals surface area contributed by atoms with Gasteiger partial charge in [-0.2, -0.15) is 0 Å². The molecule has 0 saturated carbocycles. The SMILES string of the molecule is NC(N)=NCCCCNC(=O)CCC(C(=O)[O-])N(CCN(CC(=O)[O-])CC(=O)[O-])CCN(CC(=O)[O-])CC(=O)[O-].[Gd+3].[Na+].[Na+]. The van der Waals surface area contributed by atoms with Crippen LogP contribution in [0.1, 0.15) is 25.7 Å².